The Morgan fingerprint density at radius 2 is 1.80 bits per heavy atom. The lowest BCUT2D eigenvalue weighted by Gasteiger charge is -2.15. The van der Waals surface area contributed by atoms with E-state index in [9.17, 15) is 4.79 Å². The molecular weight excluding hydrogens is 188 g/mol. The van der Waals surface area contributed by atoms with Crippen LogP contribution in [0.25, 0.3) is 0 Å². The lowest BCUT2D eigenvalue weighted by Crippen LogP contribution is -2.08. The molecule has 1 N–H and O–H groups in total. The largest absolute Gasteiger partial charge is 0.481 e. The van der Waals surface area contributed by atoms with Crippen molar-refractivity contribution in [1.29, 1.82) is 0 Å². The van der Waals surface area contributed by atoms with Crippen molar-refractivity contribution in [2.24, 2.45) is 11.8 Å². The van der Waals surface area contributed by atoms with E-state index < -0.39 is 5.97 Å². The minimum Gasteiger partial charge on any atom is -0.481 e. The van der Waals surface area contributed by atoms with Gasteiger partial charge in [0.1, 0.15) is 0 Å². The van der Waals surface area contributed by atoms with Crippen LogP contribution in [0.1, 0.15) is 65.7 Å². The molecule has 2 unspecified atom stereocenters. The number of hydrogen-bond acceptors (Lipinski definition) is 1. The fourth-order valence-electron chi connectivity index (χ4n) is 2.11. The molecule has 0 fully saturated rings. The predicted molar refractivity (Wildman–Crippen MR) is 64.0 cm³/mol. The van der Waals surface area contributed by atoms with Crippen LogP contribution in [0.4, 0.5) is 0 Å². The molecule has 0 rings (SSSR count). The number of carbonyl (C=O) groups is 1. The third-order valence-corrected chi connectivity index (χ3v) is 2.88. The Kier molecular flexibility index (Phi) is 8.44. The summed E-state index contributed by atoms with van der Waals surface area (Å²) in [5.41, 5.74) is 0. The zero-order valence-electron chi connectivity index (χ0n) is 10.5. The second-order valence-electron chi connectivity index (χ2n) is 4.89. The van der Waals surface area contributed by atoms with Crippen LogP contribution in [0.3, 0.4) is 0 Å². The molecule has 2 atom stereocenters. The highest BCUT2D eigenvalue weighted by Gasteiger charge is 2.11. The molecule has 0 aromatic rings. The lowest BCUT2D eigenvalue weighted by molar-refractivity contribution is -0.138. The highest BCUT2D eigenvalue weighted by Crippen LogP contribution is 2.20. The van der Waals surface area contributed by atoms with E-state index in [0.717, 1.165) is 6.42 Å². The zero-order chi connectivity index (χ0) is 11.7. The number of carboxylic acids is 1. The van der Waals surface area contributed by atoms with Gasteiger partial charge in [0.25, 0.3) is 0 Å². The highest BCUT2D eigenvalue weighted by atomic mass is 16.4. The summed E-state index contributed by atoms with van der Waals surface area (Å²) < 4.78 is 0. The maximum Gasteiger partial charge on any atom is 0.303 e. The normalized spacial score (nSPS) is 14.9. The molecule has 0 saturated carbocycles. The Morgan fingerprint density at radius 1 is 1.13 bits per heavy atom. The van der Waals surface area contributed by atoms with Crippen molar-refractivity contribution < 1.29 is 9.90 Å². The first kappa shape index (κ1) is 14.5. The van der Waals surface area contributed by atoms with Crippen molar-refractivity contribution in [1.82, 2.24) is 0 Å². The zero-order valence-corrected chi connectivity index (χ0v) is 10.5. The van der Waals surface area contributed by atoms with Crippen LogP contribution in [0.5, 0.6) is 0 Å². The van der Waals surface area contributed by atoms with Crippen LogP contribution in [0.15, 0.2) is 0 Å². The Bertz CT molecular complexity index is 166. The standard InChI is InChI=1S/C13H26O2/c1-4-5-6-7-8-11(2)9-12(3)10-13(14)15/h11-12H,4-10H2,1-3H3,(H,14,15). The van der Waals surface area contributed by atoms with Gasteiger partial charge in [-0.25, -0.2) is 0 Å². The monoisotopic (exact) mass is 214 g/mol. The molecule has 2 heteroatoms. The van der Waals surface area contributed by atoms with E-state index in [1.165, 1.54) is 32.1 Å². The molecule has 0 aliphatic rings. The fraction of sp³-hybridized carbons (Fsp3) is 0.923. The van der Waals surface area contributed by atoms with Crippen molar-refractivity contribution in [2.75, 3.05) is 0 Å². The van der Waals surface area contributed by atoms with Gasteiger partial charge in [0, 0.05) is 6.42 Å². The summed E-state index contributed by atoms with van der Waals surface area (Å²) in [5.74, 6) is 0.334. The van der Waals surface area contributed by atoms with Gasteiger partial charge in [-0.3, -0.25) is 4.79 Å². The first-order chi connectivity index (χ1) is 7.06. The molecule has 90 valence electrons. The first-order valence-corrected chi connectivity index (χ1v) is 6.28. The van der Waals surface area contributed by atoms with Gasteiger partial charge in [-0.2, -0.15) is 0 Å². The summed E-state index contributed by atoms with van der Waals surface area (Å²) in [4.78, 5) is 10.5. The minimum atomic E-state index is -0.666. The Morgan fingerprint density at radius 3 is 2.33 bits per heavy atom. The van der Waals surface area contributed by atoms with Crippen LogP contribution in [0, 0.1) is 11.8 Å². The summed E-state index contributed by atoms with van der Waals surface area (Å²) >= 11 is 0. The quantitative estimate of drug-likeness (QED) is 0.587. The molecule has 0 spiro atoms. The van der Waals surface area contributed by atoms with Gasteiger partial charge in [0.05, 0.1) is 0 Å². The number of carboxylic acid groups (broad SMARTS) is 1. The fourth-order valence-corrected chi connectivity index (χ4v) is 2.11. The van der Waals surface area contributed by atoms with Crippen molar-refractivity contribution in [2.45, 2.75) is 65.7 Å². The van der Waals surface area contributed by atoms with Crippen LogP contribution >= 0.6 is 0 Å². The summed E-state index contributed by atoms with van der Waals surface area (Å²) in [6.07, 6.45) is 7.87. The van der Waals surface area contributed by atoms with Crippen molar-refractivity contribution in [3.63, 3.8) is 0 Å². The average Bonchev–Trinajstić information content (AvgIpc) is 2.10. The van der Waals surface area contributed by atoms with Gasteiger partial charge >= 0.3 is 5.97 Å². The molecule has 0 heterocycles. The summed E-state index contributed by atoms with van der Waals surface area (Å²) in [6, 6.07) is 0. The van der Waals surface area contributed by atoms with Gasteiger partial charge < -0.3 is 5.11 Å². The van der Waals surface area contributed by atoms with Gasteiger partial charge in [0.2, 0.25) is 0 Å². The van der Waals surface area contributed by atoms with Gasteiger partial charge in [-0.1, -0.05) is 52.9 Å². The molecule has 2 nitrogen and oxygen atoms in total. The Labute approximate surface area is 94.1 Å². The van der Waals surface area contributed by atoms with E-state index in [2.05, 4.69) is 13.8 Å². The molecule has 0 saturated heterocycles. The second kappa shape index (κ2) is 8.75. The van der Waals surface area contributed by atoms with Gasteiger partial charge in [-0.05, 0) is 18.3 Å². The number of unbranched alkanes of at least 4 members (excludes halogenated alkanes) is 3. The minimum absolute atomic E-state index is 0.319. The number of hydrogen-bond donors (Lipinski definition) is 1. The van der Waals surface area contributed by atoms with Crippen molar-refractivity contribution in [3.8, 4) is 0 Å². The molecule has 0 bridgehead atoms. The molecule has 0 aromatic heterocycles. The third-order valence-electron chi connectivity index (χ3n) is 2.88. The molecule has 0 amide bonds. The number of rotatable bonds is 9. The van der Waals surface area contributed by atoms with Crippen LogP contribution in [-0.2, 0) is 4.79 Å². The lowest BCUT2D eigenvalue weighted by atomic mass is 9.91. The van der Waals surface area contributed by atoms with E-state index in [1.807, 2.05) is 6.92 Å². The maximum absolute atomic E-state index is 10.5. The Balaban J connectivity index is 3.46. The summed E-state index contributed by atoms with van der Waals surface area (Å²) in [7, 11) is 0. The van der Waals surface area contributed by atoms with Crippen LogP contribution < -0.4 is 0 Å². The van der Waals surface area contributed by atoms with Crippen LogP contribution in [0.2, 0.25) is 0 Å². The molecule has 0 aromatic carbocycles. The van der Waals surface area contributed by atoms with E-state index in [4.69, 9.17) is 5.11 Å². The van der Waals surface area contributed by atoms with E-state index in [0.29, 0.717) is 18.3 Å². The van der Waals surface area contributed by atoms with Crippen LogP contribution in [-0.4, -0.2) is 11.1 Å². The van der Waals surface area contributed by atoms with E-state index >= 15 is 0 Å². The van der Waals surface area contributed by atoms with Crippen molar-refractivity contribution >= 4 is 5.97 Å². The molecule has 15 heavy (non-hydrogen) atoms. The van der Waals surface area contributed by atoms with Gasteiger partial charge in [0.15, 0.2) is 0 Å². The maximum atomic E-state index is 10.5. The Hall–Kier alpha value is -0.530. The SMILES string of the molecule is CCCCCCC(C)CC(C)CC(=O)O. The summed E-state index contributed by atoms with van der Waals surface area (Å²) in [5, 5.41) is 8.64. The first-order valence-electron chi connectivity index (χ1n) is 6.28. The molecule has 0 aliphatic carbocycles. The van der Waals surface area contributed by atoms with E-state index in [-0.39, 0.29) is 0 Å². The van der Waals surface area contributed by atoms with Crippen molar-refractivity contribution in [3.05, 3.63) is 0 Å². The summed E-state index contributed by atoms with van der Waals surface area (Å²) in [6.45, 7) is 6.50. The third kappa shape index (κ3) is 9.77. The molecular formula is C13H26O2. The average molecular weight is 214 g/mol. The predicted octanol–water partition coefficient (Wildman–Crippen LogP) is 4.09. The topological polar surface area (TPSA) is 37.3 Å². The van der Waals surface area contributed by atoms with Gasteiger partial charge in [-0.15, -0.1) is 0 Å². The molecule has 0 aliphatic heterocycles. The highest BCUT2D eigenvalue weighted by molar-refractivity contribution is 5.66. The molecule has 0 radical (unpaired) electrons. The smallest absolute Gasteiger partial charge is 0.303 e. The van der Waals surface area contributed by atoms with E-state index in [1.54, 1.807) is 0 Å². The number of aliphatic carboxylic acids is 1. The second-order valence-corrected chi connectivity index (χ2v) is 4.89.